The summed E-state index contributed by atoms with van der Waals surface area (Å²) in [7, 11) is 0. The molecule has 0 aliphatic heterocycles. The van der Waals surface area contributed by atoms with Gasteiger partial charge in [0, 0.05) is 13.1 Å². The van der Waals surface area contributed by atoms with E-state index in [1.807, 2.05) is 36.3 Å². The van der Waals surface area contributed by atoms with Crippen LogP contribution in [0, 0.1) is 12.3 Å². The third-order valence-electron chi connectivity index (χ3n) is 2.00. The molecule has 0 radical (unpaired) electrons. The van der Waals surface area contributed by atoms with Gasteiger partial charge < -0.3 is 10.0 Å². The Morgan fingerprint density at radius 2 is 2.07 bits per heavy atom. The van der Waals surface area contributed by atoms with Crippen molar-refractivity contribution in [3.8, 4) is 12.3 Å². The average Bonchev–Trinajstić information content (AvgIpc) is 2.29. The number of hydrogen-bond donors (Lipinski definition) is 1. The van der Waals surface area contributed by atoms with Gasteiger partial charge in [0.25, 0.3) is 5.91 Å². The predicted octanol–water partition coefficient (Wildman–Crippen LogP) is 0.641. The van der Waals surface area contributed by atoms with Gasteiger partial charge >= 0.3 is 0 Å². The number of terminal acetylenes is 1. The number of benzene rings is 1. The second-order valence-electron chi connectivity index (χ2n) is 3.08. The van der Waals surface area contributed by atoms with E-state index < -0.39 is 5.91 Å². The molecule has 0 fully saturated rings. The van der Waals surface area contributed by atoms with E-state index in [1.165, 1.54) is 4.90 Å². The van der Waals surface area contributed by atoms with E-state index in [2.05, 4.69) is 0 Å². The standard InChI is InChI=1S/C12H13NO2/c1-2-12(15)13(8-9-14)10-11-6-4-3-5-7-11/h1,3-7,14H,8-10H2. The molecule has 0 aliphatic rings. The topological polar surface area (TPSA) is 40.5 Å². The Labute approximate surface area is 89.3 Å². The summed E-state index contributed by atoms with van der Waals surface area (Å²) in [5.41, 5.74) is 0.995. The zero-order valence-corrected chi connectivity index (χ0v) is 8.39. The van der Waals surface area contributed by atoms with Crippen molar-refractivity contribution in [1.29, 1.82) is 0 Å². The van der Waals surface area contributed by atoms with Gasteiger partial charge in [-0.05, 0) is 11.5 Å². The smallest absolute Gasteiger partial charge is 0.298 e. The average molecular weight is 203 g/mol. The highest BCUT2D eigenvalue weighted by Gasteiger charge is 2.10. The molecule has 0 saturated heterocycles. The van der Waals surface area contributed by atoms with Gasteiger partial charge in [-0.1, -0.05) is 30.3 Å². The number of carbonyl (C=O) groups is 1. The van der Waals surface area contributed by atoms with Crippen LogP contribution in [-0.4, -0.2) is 29.1 Å². The minimum absolute atomic E-state index is 0.0831. The first-order chi connectivity index (χ1) is 7.27. The molecule has 1 aromatic rings. The van der Waals surface area contributed by atoms with Crippen molar-refractivity contribution >= 4 is 5.91 Å². The molecule has 1 rings (SSSR count). The highest BCUT2D eigenvalue weighted by Crippen LogP contribution is 2.03. The van der Waals surface area contributed by atoms with Gasteiger partial charge in [-0.15, -0.1) is 6.42 Å². The minimum Gasteiger partial charge on any atom is -0.395 e. The van der Waals surface area contributed by atoms with E-state index in [9.17, 15) is 4.79 Å². The fraction of sp³-hybridized carbons (Fsp3) is 0.250. The Morgan fingerprint density at radius 1 is 1.40 bits per heavy atom. The van der Waals surface area contributed by atoms with E-state index in [0.717, 1.165) is 5.56 Å². The molecule has 0 heterocycles. The fourth-order valence-electron chi connectivity index (χ4n) is 1.27. The number of rotatable bonds is 4. The molecule has 15 heavy (non-hydrogen) atoms. The van der Waals surface area contributed by atoms with Crippen molar-refractivity contribution in [2.24, 2.45) is 0 Å². The summed E-state index contributed by atoms with van der Waals surface area (Å²) in [4.78, 5) is 12.7. The maximum atomic E-state index is 11.3. The summed E-state index contributed by atoms with van der Waals surface area (Å²) in [5, 5.41) is 8.80. The summed E-state index contributed by atoms with van der Waals surface area (Å²) < 4.78 is 0. The van der Waals surface area contributed by atoms with Crippen LogP contribution in [0.25, 0.3) is 0 Å². The molecule has 0 aliphatic carbocycles. The lowest BCUT2D eigenvalue weighted by molar-refractivity contribution is -0.126. The molecular weight excluding hydrogens is 190 g/mol. The normalized spacial score (nSPS) is 9.33. The molecule has 78 valence electrons. The van der Waals surface area contributed by atoms with Crippen molar-refractivity contribution in [1.82, 2.24) is 4.90 Å². The van der Waals surface area contributed by atoms with Gasteiger partial charge in [0.15, 0.2) is 0 Å². The van der Waals surface area contributed by atoms with Crippen LogP contribution >= 0.6 is 0 Å². The second kappa shape index (κ2) is 5.84. The Hall–Kier alpha value is -1.79. The van der Waals surface area contributed by atoms with Gasteiger partial charge in [-0.2, -0.15) is 0 Å². The largest absolute Gasteiger partial charge is 0.395 e. The predicted molar refractivity (Wildman–Crippen MR) is 57.8 cm³/mol. The van der Waals surface area contributed by atoms with Crippen LogP contribution in [-0.2, 0) is 11.3 Å². The van der Waals surface area contributed by atoms with Crippen molar-refractivity contribution in [2.45, 2.75) is 6.54 Å². The molecule has 1 amide bonds. The van der Waals surface area contributed by atoms with Crippen LogP contribution in [0.15, 0.2) is 30.3 Å². The Kier molecular flexibility index (Phi) is 4.39. The fourth-order valence-corrected chi connectivity index (χ4v) is 1.27. The van der Waals surface area contributed by atoms with E-state index in [1.54, 1.807) is 0 Å². The maximum Gasteiger partial charge on any atom is 0.298 e. The molecule has 0 unspecified atom stereocenters. The van der Waals surface area contributed by atoms with Crippen molar-refractivity contribution in [3.63, 3.8) is 0 Å². The number of amides is 1. The first-order valence-corrected chi connectivity index (χ1v) is 4.68. The monoisotopic (exact) mass is 203 g/mol. The first-order valence-electron chi connectivity index (χ1n) is 4.68. The lowest BCUT2D eigenvalue weighted by Crippen LogP contribution is -2.31. The molecule has 0 atom stereocenters. The second-order valence-corrected chi connectivity index (χ2v) is 3.08. The van der Waals surface area contributed by atoms with Crippen molar-refractivity contribution in [2.75, 3.05) is 13.2 Å². The molecular formula is C12H13NO2. The highest BCUT2D eigenvalue weighted by molar-refractivity contribution is 5.92. The highest BCUT2D eigenvalue weighted by atomic mass is 16.3. The molecule has 1 N–H and O–H groups in total. The first kappa shape index (κ1) is 11.3. The Bertz CT molecular complexity index is 354. The van der Waals surface area contributed by atoms with Crippen molar-refractivity contribution < 1.29 is 9.90 Å². The number of nitrogens with zero attached hydrogens (tertiary/aromatic N) is 1. The summed E-state index contributed by atoms with van der Waals surface area (Å²) in [5.74, 6) is 1.65. The maximum absolute atomic E-state index is 11.3. The molecule has 0 aromatic heterocycles. The number of aliphatic hydroxyl groups is 1. The van der Waals surface area contributed by atoms with Gasteiger partial charge in [0.05, 0.1) is 6.61 Å². The Balaban J connectivity index is 2.68. The molecule has 3 heteroatoms. The lowest BCUT2D eigenvalue weighted by Gasteiger charge is -2.18. The molecule has 0 bridgehead atoms. The minimum atomic E-state index is -0.395. The number of hydrogen-bond acceptors (Lipinski definition) is 2. The summed E-state index contributed by atoms with van der Waals surface area (Å²) in [6, 6.07) is 9.52. The van der Waals surface area contributed by atoms with Crippen LogP contribution in [0.5, 0.6) is 0 Å². The van der Waals surface area contributed by atoms with Crippen LogP contribution < -0.4 is 0 Å². The number of carbonyl (C=O) groups excluding carboxylic acids is 1. The number of aliphatic hydroxyl groups excluding tert-OH is 1. The summed E-state index contributed by atoms with van der Waals surface area (Å²) >= 11 is 0. The molecule has 1 aromatic carbocycles. The van der Waals surface area contributed by atoms with Gasteiger partial charge in [-0.3, -0.25) is 4.79 Å². The van der Waals surface area contributed by atoms with Crippen LogP contribution in [0.1, 0.15) is 5.56 Å². The zero-order chi connectivity index (χ0) is 11.1. The van der Waals surface area contributed by atoms with Crippen molar-refractivity contribution in [3.05, 3.63) is 35.9 Å². The van der Waals surface area contributed by atoms with E-state index in [0.29, 0.717) is 6.54 Å². The van der Waals surface area contributed by atoms with Crippen LogP contribution in [0.2, 0.25) is 0 Å². The van der Waals surface area contributed by atoms with Gasteiger partial charge in [0.2, 0.25) is 0 Å². The lowest BCUT2D eigenvalue weighted by atomic mass is 10.2. The summed E-state index contributed by atoms with van der Waals surface area (Å²) in [6.07, 6.45) is 5.03. The van der Waals surface area contributed by atoms with Gasteiger partial charge in [-0.25, -0.2) is 0 Å². The van der Waals surface area contributed by atoms with Crippen LogP contribution in [0.4, 0.5) is 0 Å². The SMILES string of the molecule is C#CC(=O)N(CCO)Cc1ccccc1. The van der Waals surface area contributed by atoms with Crippen LogP contribution in [0.3, 0.4) is 0 Å². The van der Waals surface area contributed by atoms with E-state index >= 15 is 0 Å². The zero-order valence-electron chi connectivity index (χ0n) is 8.39. The van der Waals surface area contributed by atoms with Gasteiger partial charge in [0.1, 0.15) is 0 Å². The summed E-state index contributed by atoms with van der Waals surface area (Å²) in [6.45, 7) is 0.614. The molecule has 3 nitrogen and oxygen atoms in total. The molecule has 0 spiro atoms. The third kappa shape index (κ3) is 3.45. The van der Waals surface area contributed by atoms with E-state index in [4.69, 9.17) is 11.5 Å². The molecule has 0 saturated carbocycles. The quantitative estimate of drug-likeness (QED) is 0.729. The van der Waals surface area contributed by atoms with E-state index in [-0.39, 0.29) is 13.2 Å². The third-order valence-corrected chi connectivity index (χ3v) is 2.00. The Morgan fingerprint density at radius 3 is 2.60 bits per heavy atom.